The summed E-state index contributed by atoms with van der Waals surface area (Å²) >= 11 is 0. The average Bonchev–Trinajstić information content (AvgIpc) is 3.18. The maximum Gasteiger partial charge on any atom is 0.254 e. The van der Waals surface area contributed by atoms with Crippen LogP contribution in [-0.2, 0) is 13.1 Å². The number of carbonyl (C=O) groups excluding carboxylic acids is 1. The van der Waals surface area contributed by atoms with E-state index in [1.165, 1.54) is 38.4 Å². The normalized spacial score (nSPS) is 16.2. The van der Waals surface area contributed by atoms with Crippen molar-refractivity contribution in [2.24, 2.45) is 0 Å². The second-order valence-electron chi connectivity index (χ2n) is 7.67. The molecule has 0 radical (unpaired) electrons. The molecule has 1 amide bonds. The molecule has 2 aromatic rings. The minimum absolute atomic E-state index is 0. The molecule has 0 aromatic heterocycles. The van der Waals surface area contributed by atoms with E-state index in [9.17, 15) is 9.18 Å². The summed E-state index contributed by atoms with van der Waals surface area (Å²) in [5.74, 6) is 0.472. The maximum absolute atomic E-state index is 13.9. The molecular weight excluding hydrogens is 391 g/mol. The van der Waals surface area contributed by atoms with Crippen molar-refractivity contribution in [3.8, 4) is 5.75 Å². The van der Waals surface area contributed by atoms with Crippen LogP contribution in [0.25, 0.3) is 0 Å². The molecule has 4 rings (SSSR count). The van der Waals surface area contributed by atoms with Gasteiger partial charge in [0, 0.05) is 30.8 Å². The van der Waals surface area contributed by atoms with Gasteiger partial charge in [-0.3, -0.25) is 4.79 Å². The highest BCUT2D eigenvalue weighted by Crippen LogP contribution is 2.26. The summed E-state index contributed by atoms with van der Waals surface area (Å²) in [5.41, 5.74) is 2.13. The molecule has 2 heterocycles. The van der Waals surface area contributed by atoms with E-state index >= 15 is 0 Å². The van der Waals surface area contributed by atoms with Crippen LogP contribution in [-0.4, -0.2) is 41.9 Å². The molecule has 4 nitrogen and oxygen atoms in total. The summed E-state index contributed by atoms with van der Waals surface area (Å²) in [5, 5.41) is 0. The topological polar surface area (TPSA) is 32.8 Å². The van der Waals surface area contributed by atoms with E-state index in [0.29, 0.717) is 30.8 Å². The van der Waals surface area contributed by atoms with Crippen molar-refractivity contribution in [2.75, 3.05) is 26.2 Å². The Morgan fingerprint density at radius 3 is 2.48 bits per heavy atom. The van der Waals surface area contributed by atoms with E-state index in [1.54, 1.807) is 23.1 Å². The Balaban J connectivity index is 0.00000240. The molecule has 0 bridgehead atoms. The van der Waals surface area contributed by atoms with Crippen molar-refractivity contribution < 1.29 is 13.9 Å². The van der Waals surface area contributed by atoms with Crippen LogP contribution in [0, 0.1) is 5.82 Å². The molecule has 2 aromatic carbocycles. The number of amides is 1. The van der Waals surface area contributed by atoms with Crippen molar-refractivity contribution in [1.82, 2.24) is 9.80 Å². The first-order chi connectivity index (χ1) is 13.7. The Labute approximate surface area is 178 Å². The summed E-state index contributed by atoms with van der Waals surface area (Å²) in [6.45, 7) is 4.98. The Bertz CT molecular complexity index is 822. The monoisotopic (exact) mass is 418 g/mol. The third kappa shape index (κ3) is 5.28. The predicted octanol–water partition coefficient (Wildman–Crippen LogP) is 4.66. The van der Waals surface area contributed by atoms with E-state index in [0.717, 1.165) is 24.3 Å². The number of hydrogen-bond acceptors (Lipinski definition) is 3. The number of hydrogen-bond donors (Lipinski definition) is 0. The number of carbonyl (C=O) groups is 1. The Morgan fingerprint density at radius 2 is 1.76 bits per heavy atom. The molecule has 29 heavy (non-hydrogen) atoms. The molecule has 2 aliphatic rings. The maximum atomic E-state index is 13.9. The SMILES string of the molecule is Cl.O=C(c1ccc(OCCCN2CCCCC2)cc1)N1Cc2cccc(F)c2C1. The highest BCUT2D eigenvalue weighted by Gasteiger charge is 2.26. The van der Waals surface area contributed by atoms with Crippen molar-refractivity contribution in [2.45, 2.75) is 38.8 Å². The van der Waals surface area contributed by atoms with Gasteiger partial charge in [-0.15, -0.1) is 12.4 Å². The van der Waals surface area contributed by atoms with Gasteiger partial charge in [0.25, 0.3) is 5.91 Å². The van der Waals surface area contributed by atoms with Crippen LogP contribution in [0.4, 0.5) is 4.39 Å². The van der Waals surface area contributed by atoms with Gasteiger partial charge in [-0.1, -0.05) is 18.6 Å². The van der Waals surface area contributed by atoms with Crippen LogP contribution in [0.5, 0.6) is 5.75 Å². The lowest BCUT2D eigenvalue weighted by Crippen LogP contribution is -2.31. The minimum Gasteiger partial charge on any atom is -0.494 e. The number of benzene rings is 2. The first-order valence-electron chi connectivity index (χ1n) is 10.2. The molecular formula is C23H28ClFN2O2. The molecule has 1 saturated heterocycles. The van der Waals surface area contributed by atoms with Crippen LogP contribution in [0.15, 0.2) is 42.5 Å². The number of ether oxygens (including phenoxy) is 1. The molecule has 0 unspecified atom stereocenters. The van der Waals surface area contributed by atoms with Crippen LogP contribution >= 0.6 is 12.4 Å². The molecule has 2 aliphatic heterocycles. The van der Waals surface area contributed by atoms with E-state index in [4.69, 9.17) is 4.74 Å². The lowest BCUT2D eigenvalue weighted by Gasteiger charge is -2.26. The van der Waals surface area contributed by atoms with Gasteiger partial charge in [0.2, 0.25) is 0 Å². The molecule has 0 atom stereocenters. The fourth-order valence-electron chi connectivity index (χ4n) is 4.06. The fourth-order valence-corrected chi connectivity index (χ4v) is 4.06. The summed E-state index contributed by atoms with van der Waals surface area (Å²) in [7, 11) is 0. The zero-order valence-electron chi connectivity index (χ0n) is 16.6. The van der Waals surface area contributed by atoms with Gasteiger partial charge in [0.05, 0.1) is 6.61 Å². The van der Waals surface area contributed by atoms with E-state index in [2.05, 4.69) is 4.90 Å². The van der Waals surface area contributed by atoms with Gasteiger partial charge in [-0.2, -0.15) is 0 Å². The van der Waals surface area contributed by atoms with Crippen LogP contribution in [0.1, 0.15) is 47.2 Å². The number of halogens is 2. The van der Waals surface area contributed by atoms with Crippen LogP contribution < -0.4 is 4.74 Å². The lowest BCUT2D eigenvalue weighted by atomic mass is 10.1. The van der Waals surface area contributed by atoms with Crippen LogP contribution in [0.3, 0.4) is 0 Å². The van der Waals surface area contributed by atoms with Gasteiger partial charge in [0.1, 0.15) is 11.6 Å². The molecule has 156 valence electrons. The zero-order chi connectivity index (χ0) is 19.3. The van der Waals surface area contributed by atoms with Gasteiger partial charge < -0.3 is 14.5 Å². The van der Waals surface area contributed by atoms with Crippen LogP contribution in [0.2, 0.25) is 0 Å². The third-order valence-electron chi connectivity index (χ3n) is 5.65. The smallest absolute Gasteiger partial charge is 0.254 e. The van der Waals surface area contributed by atoms with Crippen molar-refractivity contribution in [1.29, 1.82) is 0 Å². The molecule has 0 aliphatic carbocycles. The Kier molecular flexibility index (Phi) is 7.51. The summed E-state index contributed by atoms with van der Waals surface area (Å²) in [6.07, 6.45) is 4.99. The van der Waals surface area contributed by atoms with E-state index in [1.807, 2.05) is 18.2 Å². The van der Waals surface area contributed by atoms with Crippen molar-refractivity contribution >= 4 is 18.3 Å². The largest absolute Gasteiger partial charge is 0.494 e. The molecule has 1 fully saturated rings. The number of fused-ring (bicyclic) bond motifs is 1. The van der Waals surface area contributed by atoms with Gasteiger partial charge in [0.15, 0.2) is 0 Å². The number of rotatable bonds is 6. The predicted molar refractivity (Wildman–Crippen MR) is 114 cm³/mol. The molecule has 6 heteroatoms. The Hall–Kier alpha value is -2.11. The summed E-state index contributed by atoms with van der Waals surface area (Å²) in [6, 6.07) is 12.3. The highest BCUT2D eigenvalue weighted by atomic mass is 35.5. The minimum atomic E-state index is -0.235. The lowest BCUT2D eigenvalue weighted by molar-refractivity contribution is 0.0750. The van der Waals surface area contributed by atoms with Crippen molar-refractivity contribution in [3.63, 3.8) is 0 Å². The number of nitrogens with zero attached hydrogens (tertiary/aromatic N) is 2. The Morgan fingerprint density at radius 1 is 1.00 bits per heavy atom. The average molecular weight is 419 g/mol. The third-order valence-corrected chi connectivity index (χ3v) is 5.65. The standard InChI is InChI=1S/C23H27FN2O2.ClH/c24-22-7-4-6-19-16-26(17-21(19)22)23(27)18-8-10-20(11-9-18)28-15-5-14-25-12-2-1-3-13-25;/h4,6-11H,1-3,5,12-17H2;1H. The van der Waals surface area contributed by atoms with Crippen molar-refractivity contribution in [3.05, 3.63) is 65.0 Å². The van der Waals surface area contributed by atoms with Gasteiger partial charge in [-0.25, -0.2) is 4.39 Å². The van der Waals surface area contributed by atoms with E-state index < -0.39 is 0 Å². The van der Waals surface area contributed by atoms with Gasteiger partial charge in [-0.05, 0) is 68.2 Å². The quantitative estimate of drug-likeness (QED) is 0.640. The van der Waals surface area contributed by atoms with E-state index in [-0.39, 0.29) is 24.1 Å². The first kappa shape index (κ1) is 21.6. The summed E-state index contributed by atoms with van der Waals surface area (Å²) in [4.78, 5) is 16.9. The molecule has 0 N–H and O–H groups in total. The second kappa shape index (κ2) is 10.1. The van der Waals surface area contributed by atoms with Gasteiger partial charge >= 0.3 is 0 Å². The first-order valence-corrected chi connectivity index (χ1v) is 10.2. The fraction of sp³-hybridized carbons (Fsp3) is 0.435. The second-order valence-corrected chi connectivity index (χ2v) is 7.67. The number of piperidine rings is 1. The molecule has 0 spiro atoms. The highest BCUT2D eigenvalue weighted by molar-refractivity contribution is 5.94. The zero-order valence-corrected chi connectivity index (χ0v) is 17.4. The number of likely N-dealkylation sites (tertiary alicyclic amines) is 1. The molecule has 0 saturated carbocycles. The summed E-state index contributed by atoms with van der Waals surface area (Å²) < 4.78 is 19.7.